The molecule has 0 spiro atoms. The first kappa shape index (κ1) is 16.5. The average Bonchev–Trinajstić information content (AvgIpc) is 2.85. The van der Waals surface area contributed by atoms with Crippen molar-refractivity contribution < 1.29 is 19.1 Å². The molecule has 1 atom stereocenters. The lowest BCUT2D eigenvalue weighted by Gasteiger charge is -2.35. The van der Waals surface area contributed by atoms with Gasteiger partial charge in [-0.1, -0.05) is 0 Å². The Bertz CT molecular complexity index is 654. The fourth-order valence-corrected chi connectivity index (χ4v) is 3.09. The van der Waals surface area contributed by atoms with E-state index in [2.05, 4.69) is 15.2 Å². The van der Waals surface area contributed by atoms with Crippen molar-refractivity contribution in [1.29, 1.82) is 0 Å². The van der Waals surface area contributed by atoms with E-state index in [0.29, 0.717) is 12.4 Å². The molecular formula is C17H23N3O4. The van der Waals surface area contributed by atoms with Crippen LogP contribution in [0.15, 0.2) is 12.3 Å². The molecule has 0 unspecified atom stereocenters. The Morgan fingerprint density at radius 3 is 3.00 bits per heavy atom. The molecule has 0 bridgehead atoms. The Kier molecular flexibility index (Phi) is 4.34. The molecule has 1 aromatic heterocycles. The minimum Gasteiger partial charge on any atom is -0.444 e. The topological polar surface area (TPSA) is 80.8 Å². The zero-order valence-corrected chi connectivity index (χ0v) is 14.3. The van der Waals surface area contributed by atoms with Crippen LogP contribution >= 0.6 is 0 Å². The molecule has 1 saturated heterocycles. The van der Waals surface area contributed by atoms with Gasteiger partial charge >= 0.3 is 12.1 Å². The Morgan fingerprint density at radius 2 is 2.25 bits per heavy atom. The van der Waals surface area contributed by atoms with Gasteiger partial charge in [-0.2, -0.15) is 0 Å². The summed E-state index contributed by atoms with van der Waals surface area (Å²) in [5.74, 6) is 0.130. The second kappa shape index (κ2) is 6.30. The number of rotatable bonds is 2. The zero-order chi connectivity index (χ0) is 17.3. The lowest BCUT2D eigenvalue weighted by Crippen LogP contribution is -2.49. The number of carbonyl (C=O) groups excluding carboxylic acids is 2. The quantitative estimate of drug-likeness (QED) is 0.834. The third-order valence-electron chi connectivity index (χ3n) is 4.01. The van der Waals surface area contributed by atoms with E-state index in [9.17, 15) is 9.59 Å². The van der Waals surface area contributed by atoms with E-state index in [1.165, 1.54) is 0 Å². The summed E-state index contributed by atoms with van der Waals surface area (Å²) < 4.78 is 10.4. The Morgan fingerprint density at radius 1 is 1.46 bits per heavy atom. The number of piperidine rings is 1. The monoisotopic (exact) mass is 333 g/mol. The number of carbonyl (C=O) groups is 2. The second-order valence-corrected chi connectivity index (χ2v) is 7.20. The molecule has 7 nitrogen and oxygen atoms in total. The van der Waals surface area contributed by atoms with Crippen molar-refractivity contribution in [2.75, 3.05) is 18.0 Å². The molecule has 2 aliphatic rings. The van der Waals surface area contributed by atoms with Crippen LogP contribution in [-0.2, 0) is 16.0 Å². The molecule has 24 heavy (non-hydrogen) atoms. The van der Waals surface area contributed by atoms with Crippen LogP contribution in [0.4, 0.5) is 10.5 Å². The Labute approximate surface area is 141 Å². The maximum Gasteiger partial charge on any atom is 0.407 e. The molecule has 3 heterocycles. The summed E-state index contributed by atoms with van der Waals surface area (Å²) in [7, 11) is 0. The summed E-state index contributed by atoms with van der Waals surface area (Å²) >= 11 is 0. The van der Waals surface area contributed by atoms with Gasteiger partial charge in [0, 0.05) is 36.6 Å². The number of nitrogens with one attached hydrogen (secondary N) is 1. The molecule has 1 amide bonds. The van der Waals surface area contributed by atoms with Crippen LogP contribution in [0.25, 0.3) is 0 Å². The first-order valence-electron chi connectivity index (χ1n) is 8.25. The minimum absolute atomic E-state index is 0.00967. The number of pyridine rings is 1. The first-order chi connectivity index (χ1) is 11.3. The molecule has 7 heteroatoms. The van der Waals surface area contributed by atoms with Gasteiger partial charge in [-0.3, -0.25) is 4.79 Å². The average molecular weight is 333 g/mol. The van der Waals surface area contributed by atoms with Crippen molar-refractivity contribution in [3.8, 4) is 5.88 Å². The SMILES string of the molecule is CC(C)(C)OC(=O)N[C@@H]1CCCN(c2ccnc3c2CC(=O)O3)C1. The van der Waals surface area contributed by atoms with Gasteiger partial charge in [0.2, 0.25) is 5.88 Å². The number of anilines is 1. The van der Waals surface area contributed by atoms with Crippen molar-refractivity contribution in [2.45, 2.75) is 51.7 Å². The maximum atomic E-state index is 12.0. The van der Waals surface area contributed by atoms with E-state index < -0.39 is 11.7 Å². The van der Waals surface area contributed by atoms with Gasteiger partial charge in [-0.05, 0) is 39.7 Å². The largest absolute Gasteiger partial charge is 0.444 e. The summed E-state index contributed by atoms with van der Waals surface area (Å²) in [6, 6.07) is 1.91. The van der Waals surface area contributed by atoms with Crippen LogP contribution < -0.4 is 15.0 Å². The number of amides is 1. The van der Waals surface area contributed by atoms with Gasteiger partial charge in [-0.25, -0.2) is 9.78 Å². The van der Waals surface area contributed by atoms with Crippen molar-refractivity contribution in [2.24, 2.45) is 0 Å². The number of hydrogen-bond donors (Lipinski definition) is 1. The van der Waals surface area contributed by atoms with Gasteiger partial charge in [0.05, 0.1) is 6.42 Å². The van der Waals surface area contributed by atoms with Gasteiger partial charge < -0.3 is 19.7 Å². The number of ether oxygens (including phenoxy) is 2. The summed E-state index contributed by atoms with van der Waals surface area (Å²) in [5, 5.41) is 2.94. The van der Waals surface area contributed by atoms with Crippen molar-refractivity contribution >= 4 is 17.7 Å². The predicted octanol–water partition coefficient (Wildman–Crippen LogP) is 2.04. The van der Waals surface area contributed by atoms with Crippen LogP contribution in [0.1, 0.15) is 39.2 Å². The first-order valence-corrected chi connectivity index (χ1v) is 8.25. The number of esters is 1. The van der Waals surface area contributed by atoms with Crippen LogP contribution in [0.3, 0.4) is 0 Å². The Balaban J connectivity index is 1.68. The number of aromatic nitrogens is 1. The smallest absolute Gasteiger partial charge is 0.407 e. The number of hydrogen-bond acceptors (Lipinski definition) is 6. The number of alkyl carbamates (subject to hydrolysis) is 1. The standard InChI is InChI=1S/C17H23N3O4/c1-17(2,3)24-16(22)19-11-5-4-8-20(10-11)13-6-7-18-15-12(13)9-14(21)23-15/h6-7,11H,4-5,8-10H2,1-3H3,(H,19,22)/t11-/m1/s1. The lowest BCUT2D eigenvalue weighted by atomic mass is 10.0. The van der Waals surface area contributed by atoms with Crippen LogP contribution in [0.5, 0.6) is 5.88 Å². The summed E-state index contributed by atoms with van der Waals surface area (Å²) in [6.07, 6.45) is 3.36. The maximum absolute atomic E-state index is 12.0. The highest BCUT2D eigenvalue weighted by Crippen LogP contribution is 2.33. The van der Waals surface area contributed by atoms with Gasteiger partial charge in [0.15, 0.2) is 0 Å². The van der Waals surface area contributed by atoms with E-state index in [1.807, 2.05) is 26.8 Å². The van der Waals surface area contributed by atoms with E-state index in [4.69, 9.17) is 9.47 Å². The van der Waals surface area contributed by atoms with Crippen molar-refractivity contribution in [3.63, 3.8) is 0 Å². The summed E-state index contributed by atoms with van der Waals surface area (Å²) in [5.41, 5.74) is 1.28. The fourth-order valence-electron chi connectivity index (χ4n) is 3.09. The lowest BCUT2D eigenvalue weighted by molar-refractivity contribution is -0.132. The highest BCUT2D eigenvalue weighted by Gasteiger charge is 2.30. The van der Waals surface area contributed by atoms with E-state index in [-0.39, 0.29) is 18.4 Å². The summed E-state index contributed by atoms with van der Waals surface area (Å²) in [4.78, 5) is 29.8. The summed E-state index contributed by atoms with van der Waals surface area (Å²) in [6.45, 7) is 7.08. The molecule has 130 valence electrons. The van der Waals surface area contributed by atoms with Crippen molar-refractivity contribution in [3.05, 3.63) is 17.8 Å². The van der Waals surface area contributed by atoms with Crippen LogP contribution in [0.2, 0.25) is 0 Å². The highest BCUT2D eigenvalue weighted by atomic mass is 16.6. The highest BCUT2D eigenvalue weighted by molar-refractivity contribution is 5.83. The molecule has 3 rings (SSSR count). The van der Waals surface area contributed by atoms with Gasteiger partial charge in [0.1, 0.15) is 5.60 Å². The molecule has 0 saturated carbocycles. The molecule has 0 aliphatic carbocycles. The molecule has 0 aromatic carbocycles. The van der Waals surface area contributed by atoms with E-state index in [0.717, 1.165) is 30.6 Å². The number of nitrogens with zero attached hydrogens (tertiary/aromatic N) is 2. The molecule has 2 aliphatic heterocycles. The van der Waals surface area contributed by atoms with E-state index in [1.54, 1.807) is 6.20 Å². The molecular weight excluding hydrogens is 310 g/mol. The second-order valence-electron chi connectivity index (χ2n) is 7.20. The van der Waals surface area contributed by atoms with Crippen LogP contribution in [0, 0.1) is 0 Å². The van der Waals surface area contributed by atoms with Crippen molar-refractivity contribution in [1.82, 2.24) is 10.3 Å². The van der Waals surface area contributed by atoms with Gasteiger partial charge in [-0.15, -0.1) is 0 Å². The molecule has 1 fully saturated rings. The molecule has 0 radical (unpaired) electrons. The molecule has 1 N–H and O–H groups in total. The minimum atomic E-state index is -0.512. The van der Waals surface area contributed by atoms with E-state index >= 15 is 0 Å². The third kappa shape index (κ3) is 3.77. The van der Waals surface area contributed by atoms with Crippen LogP contribution in [-0.4, -0.2) is 41.8 Å². The Hall–Kier alpha value is -2.31. The third-order valence-corrected chi connectivity index (χ3v) is 4.01. The predicted molar refractivity (Wildman–Crippen MR) is 88.2 cm³/mol. The number of fused-ring (bicyclic) bond motifs is 1. The fraction of sp³-hybridized carbons (Fsp3) is 0.588. The molecule has 1 aromatic rings. The zero-order valence-electron chi connectivity index (χ0n) is 14.3. The van der Waals surface area contributed by atoms with Gasteiger partial charge in [0.25, 0.3) is 0 Å². The normalized spacial score (nSPS) is 20.4.